The molecule has 2 aliphatic heterocycles. The van der Waals surface area contributed by atoms with Crippen LogP contribution in [0.25, 0.3) is 0 Å². The summed E-state index contributed by atoms with van der Waals surface area (Å²) >= 11 is 0. The van der Waals surface area contributed by atoms with Crippen LogP contribution in [-0.2, 0) is 23.9 Å². The molecule has 2 aliphatic rings. The van der Waals surface area contributed by atoms with E-state index in [-0.39, 0.29) is 54.9 Å². The zero-order chi connectivity index (χ0) is 42.9. The Labute approximate surface area is 344 Å². The SMILES string of the molecule is CCCCCNC(=O)CC(=O)NC[C@H]1[C@@H](C/C=C\CCC(F)(F)C(=O)O)[C@H]2CC[C@@H]1O2.O=C(O)CC(F)(F)CC[PH](c1ccccc1)(c1ccccc1)c1ccccc1. The third-order valence-corrected chi connectivity index (χ3v) is 16.1. The Kier molecular flexibility index (Phi) is 18.1. The first-order valence-electron chi connectivity index (χ1n) is 20.4. The van der Waals surface area contributed by atoms with Gasteiger partial charge in [0.1, 0.15) is 6.42 Å². The van der Waals surface area contributed by atoms with Gasteiger partial charge in [-0.05, 0) is 38.0 Å². The first-order valence-corrected chi connectivity index (χ1v) is 22.6. The molecular formula is C45H57F4N2O7P. The molecule has 0 saturated carbocycles. The van der Waals surface area contributed by atoms with E-state index in [9.17, 15) is 36.7 Å². The van der Waals surface area contributed by atoms with E-state index in [0.717, 1.165) is 48.0 Å². The van der Waals surface area contributed by atoms with Crippen LogP contribution in [0, 0.1) is 11.8 Å². The summed E-state index contributed by atoms with van der Waals surface area (Å²) in [7, 11) is -2.76. The monoisotopic (exact) mass is 844 g/mol. The van der Waals surface area contributed by atoms with Gasteiger partial charge in [0.2, 0.25) is 11.8 Å². The molecule has 5 rings (SSSR count). The van der Waals surface area contributed by atoms with Crippen molar-refractivity contribution in [2.75, 3.05) is 19.3 Å². The number of carbonyl (C=O) groups excluding carboxylic acids is 2. The molecule has 0 radical (unpaired) electrons. The maximum absolute atomic E-state index is 14.4. The normalized spacial score (nSPS) is 19.1. The number of ether oxygens (including phenoxy) is 1. The summed E-state index contributed by atoms with van der Waals surface area (Å²) in [5.74, 6) is -10.9. The number of carbonyl (C=O) groups is 4. The van der Waals surface area contributed by atoms with E-state index in [0.29, 0.717) is 19.5 Å². The molecule has 4 atom stereocenters. The van der Waals surface area contributed by atoms with Crippen molar-refractivity contribution in [1.82, 2.24) is 10.6 Å². The molecule has 0 unspecified atom stereocenters. The fourth-order valence-electron chi connectivity index (χ4n) is 8.11. The van der Waals surface area contributed by atoms with Gasteiger partial charge in [-0.15, -0.1) is 0 Å². The number of hydrogen-bond acceptors (Lipinski definition) is 5. The van der Waals surface area contributed by atoms with Gasteiger partial charge in [0.15, 0.2) is 0 Å². The van der Waals surface area contributed by atoms with E-state index in [2.05, 4.69) is 17.6 Å². The molecule has 4 N–H and O–H groups in total. The minimum atomic E-state index is -3.71. The summed E-state index contributed by atoms with van der Waals surface area (Å²) in [5.41, 5.74) is 0. The fourth-order valence-corrected chi connectivity index (χ4v) is 13.0. The predicted molar refractivity (Wildman–Crippen MR) is 224 cm³/mol. The Morgan fingerprint density at radius 2 is 1.27 bits per heavy atom. The van der Waals surface area contributed by atoms with Crippen molar-refractivity contribution in [3.05, 3.63) is 103 Å². The number of aliphatic carboxylic acids is 2. The molecule has 2 bridgehead atoms. The number of unbranched alkanes of at least 4 members (excludes halogenated alkanes) is 2. The number of carboxylic acid groups (broad SMARTS) is 2. The van der Waals surface area contributed by atoms with Gasteiger partial charge in [0.05, 0.1) is 12.2 Å². The average Bonchev–Trinajstić information content (AvgIpc) is 3.82. The Bertz CT molecular complexity index is 1720. The minimum absolute atomic E-state index is 0.0181. The second kappa shape index (κ2) is 22.7. The first-order chi connectivity index (χ1) is 28.2. The number of allylic oxidation sites excluding steroid dienone is 2. The standard InChI is InChI=1S/C23H23F2O2P.C22H34F2N2O5/c24-23(25,18-22(26)27)16-17-28(19-10-4-1-5-11-19,20-12-6-2-7-13-20)21-14-8-3-9-15-21;1-2-3-7-12-25-19(27)13-20(28)26-14-16-15(17-9-10-18(16)31-17)8-5-4-6-11-22(23,24)21(29)30/h1-15,28H,16-18H2,(H,26,27);4-5,15-18H,2-3,6-14H2,1H3,(H,25,27)(H,26,28)(H,29,30)/b;5-4-/t;15-,16+,17-,18+/m.1/s1. The van der Waals surface area contributed by atoms with Crippen LogP contribution in [0.5, 0.6) is 0 Å². The van der Waals surface area contributed by atoms with Crippen LogP contribution < -0.4 is 26.5 Å². The number of halogens is 4. The third kappa shape index (κ3) is 14.0. The predicted octanol–water partition coefficient (Wildman–Crippen LogP) is 7.25. The van der Waals surface area contributed by atoms with Crippen molar-refractivity contribution in [2.45, 2.75) is 102 Å². The molecule has 0 aliphatic carbocycles. The second-order valence-electron chi connectivity index (χ2n) is 15.3. The van der Waals surface area contributed by atoms with Crippen LogP contribution in [0.4, 0.5) is 17.6 Å². The zero-order valence-corrected chi connectivity index (χ0v) is 34.5. The number of nitrogens with one attached hydrogen (secondary N) is 2. The molecule has 14 heteroatoms. The van der Waals surface area contributed by atoms with Crippen molar-refractivity contribution in [3.63, 3.8) is 0 Å². The molecule has 3 aromatic rings. The summed E-state index contributed by atoms with van der Waals surface area (Å²) in [6.45, 7) is 3.07. The van der Waals surface area contributed by atoms with Crippen LogP contribution in [-0.4, -0.2) is 77.3 Å². The average molecular weight is 845 g/mol. The third-order valence-electron chi connectivity index (χ3n) is 11.1. The molecule has 2 fully saturated rings. The number of rotatable bonds is 22. The molecule has 59 heavy (non-hydrogen) atoms. The first kappa shape index (κ1) is 47.1. The van der Waals surface area contributed by atoms with Gasteiger partial charge < -0.3 is 20.5 Å². The summed E-state index contributed by atoms with van der Waals surface area (Å²) in [5, 5.41) is 26.0. The fraction of sp³-hybridized carbons (Fsp3) is 0.467. The number of fused-ring (bicyclic) bond motifs is 2. The Morgan fingerprint density at radius 1 is 0.746 bits per heavy atom. The zero-order valence-electron chi connectivity index (χ0n) is 33.5. The van der Waals surface area contributed by atoms with Gasteiger partial charge in [-0.2, -0.15) is 8.78 Å². The van der Waals surface area contributed by atoms with Gasteiger partial charge in [-0.3, -0.25) is 9.59 Å². The van der Waals surface area contributed by atoms with Crippen molar-refractivity contribution in [1.29, 1.82) is 0 Å². The topological polar surface area (TPSA) is 142 Å². The number of carboxylic acids is 2. The van der Waals surface area contributed by atoms with Crippen LogP contribution in [0.1, 0.15) is 77.6 Å². The van der Waals surface area contributed by atoms with Gasteiger partial charge >= 0.3 is 176 Å². The van der Waals surface area contributed by atoms with E-state index in [1.54, 1.807) is 12.2 Å². The van der Waals surface area contributed by atoms with Crippen LogP contribution in [0.15, 0.2) is 103 Å². The quantitative estimate of drug-likeness (QED) is 0.0275. The number of hydrogen-bond donors (Lipinski definition) is 4. The Hall–Kier alpha value is -4.61. The van der Waals surface area contributed by atoms with Crippen LogP contribution >= 0.6 is 7.26 Å². The van der Waals surface area contributed by atoms with Gasteiger partial charge in [-0.1, -0.05) is 31.9 Å². The molecular weight excluding hydrogens is 787 g/mol. The van der Waals surface area contributed by atoms with E-state index in [4.69, 9.17) is 14.9 Å². The maximum atomic E-state index is 14.4. The molecule has 2 heterocycles. The van der Waals surface area contributed by atoms with E-state index >= 15 is 0 Å². The molecule has 0 aromatic heterocycles. The molecule has 322 valence electrons. The molecule has 0 spiro atoms. The van der Waals surface area contributed by atoms with Crippen LogP contribution in [0.3, 0.4) is 0 Å². The Balaban J connectivity index is 0.000000262. The van der Waals surface area contributed by atoms with Crippen molar-refractivity contribution < 1.29 is 51.7 Å². The van der Waals surface area contributed by atoms with Crippen molar-refractivity contribution in [3.8, 4) is 0 Å². The Morgan fingerprint density at radius 3 is 1.78 bits per heavy atom. The van der Waals surface area contributed by atoms with E-state index in [1.165, 1.54) is 0 Å². The molecule has 9 nitrogen and oxygen atoms in total. The van der Waals surface area contributed by atoms with Crippen molar-refractivity contribution >= 4 is 46.9 Å². The van der Waals surface area contributed by atoms with E-state index in [1.807, 2.05) is 91.0 Å². The van der Waals surface area contributed by atoms with Gasteiger partial charge in [0, 0.05) is 25.4 Å². The van der Waals surface area contributed by atoms with Gasteiger partial charge in [-0.25, -0.2) is 4.79 Å². The summed E-state index contributed by atoms with van der Waals surface area (Å²) in [6, 6.07) is 29.3. The van der Waals surface area contributed by atoms with Crippen molar-refractivity contribution in [2.24, 2.45) is 11.8 Å². The number of alkyl halides is 4. The summed E-state index contributed by atoms with van der Waals surface area (Å²) in [6.07, 6.45) is 6.67. The molecule has 2 amide bonds. The molecule has 3 aromatic carbocycles. The second-order valence-corrected chi connectivity index (χ2v) is 19.4. The number of amides is 2. The molecule has 2 saturated heterocycles. The van der Waals surface area contributed by atoms with Gasteiger partial charge in [0.25, 0.3) is 0 Å². The van der Waals surface area contributed by atoms with Crippen LogP contribution in [0.2, 0.25) is 0 Å². The number of benzene rings is 3. The van der Waals surface area contributed by atoms with E-state index < -0.39 is 50.3 Å². The summed E-state index contributed by atoms with van der Waals surface area (Å²) < 4.78 is 61.0. The summed E-state index contributed by atoms with van der Waals surface area (Å²) in [4.78, 5) is 45.3.